The third kappa shape index (κ3) is 2.99. The SMILES string of the molecule is Cc1ccc2nc(C3CC3)cc(C(=O)NC3(C(=O)O)CCSC3)c2c1. The van der Waals surface area contributed by atoms with Gasteiger partial charge in [0, 0.05) is 22.8 Å². The molecule has 1 aliphatic heterocycles. The summed E-state index contributed by atoms with van der Waals surface area (Å²) in [6, 6.07) is 7.73. The van der Waals surface area contributed by atoms with Gasteiger partial charge in [0.05, 0.1) is 11.1 Å². The van der Waals surface area contributed by atoms with Gasteiger partial charge in [-0.25, -0.2) is 4.79 Å². The van der Waals surface area contributed by atoms with E-state index in [1.165, 1.54) is 0 Å². The Bertz CT molecular complexity index is 870. The molecule has 1 aliphatic carbocycles. The Kier molecular flexibility index (Phi) is 3.95. The third-order valence-corrected chi connectivity index (χ3v) is 6.20. The van der Waals surface area contributed by atoms with Crippen LogP contribution < -0.4 is 5.32 Å². The molecule has 2 heterocycles. The molecule has 1 atom stereocenters. The van der Waals surface area contributed by atoms with Crippen LogP contribution in [0.25, 0.3) is 10.9 Å². The number of carbonyl (C=O) groups excluding carboxylic acids is 1. The van der Waals surface area contributed by atoms with E-state index in [1.54, 1.807) is 11.8 Å². The first-order valence-electron chi connectivity index (χ1n) is 8.53. The molecule has 0 radical (unpaired) electrons. The van der Waals surface area contributed by atoms with E-state index in [0.29, 0.717) is 23.7 Å². The third-order valence-electron chi connectivity index (χ3n) is 5.01. The molecule has 0 bridgehead atoms. The number of fused-ring (bicyclic) bond motifs is 1. The van der Waals surface area contributed by atoms with Crippen LogP contribution >= 0.6 is 11.8 Å². The molecule has 25 heavy (non-hydrogen) atoms. The van der Waals surface area contributed by atoms with Crippen molar-refractivity contribution in [1.29, 1.82) is 0 Å². The number of benzene rings is 1. The van der Waals surface area contributed by atoms with Gasteiger partial charge in [-0.05, 0) is 50.1 Å². The van der Waals surface area contributed by atoms with Crippen molar-refractivity contribution >= 4 is 34.5 Å². The average Bonchev–Trinajstić information content (AvgIpc) is 3.33. The number of nitrogens with zero attached hydrogens (tertiary/aromatic N) is 1. The van der Waals surface area contributed by atoms with Crippen molar-refractivity contribution in [3.8, 4) is 0 Å². The van der Waals surface area contributed by atoms with Crippen LogP contribution in [-0.4, -0.2) is 39.0 Å². The largest absolute Gasteiger partial charge is 0.479 e. The Hall–Kier alpha value is -2.08. The zero-order chi connectivity index (χ0) is 17.6. The quantitative estimate of drug-likeness (QED) is 0.880. The first kappa shape index (κ1) is 16.4. The molecule has 1 aromatic carbocycles. The van der Waals surface area contributed by atoms with E-state index in [1.807, 2.05) is 31.2 Å². The molecule has 2 N–H and O–H groups in total. The number of carboxylic acid groups (broad SMARTS) is 1. The summed E-state index contributed by atoms with van der Waals surface area (Å²) in [7, 11) is 0. The molecule has 2 aromatic rings. The number of aliphatic carboxylic acids is 1. The molecule has 1 saturated carbocycles. The number of rotatable bonds is 4. The van der Waals surface area contributed by atoms with Gasteiger partial charge in [0.25, 0.3) is 5.91 Å². The van der Waals surface area contributed by atoms with Crippen LogP contribution in [0.15, 0.2) is 24.3 Å². The summed E-state index contributed by atoms with van der Waals surface area (Å²) in [6.07, 6.45) is 2.65. The van der Waals surface area contributed by atoms with E-state index in [4.69, 9.17) is 4.98 Å². The van der Waals surface area contributed by atoms with E-state index < -0.39 is 11.5 Å². The first-order chi connectivity index (χ1) is 12.0. The molecule has 6 heteroatoms. The number of hydrogen-bond donors (Lipinski definition) is 2. The number of nitrogens with one attached hydrogen (secondary N) is 1. The number of aryl methyl sites for hydroxylation is 1. The van der Waals surface area contributed by atoms with Crippen molar-refractivity contribution in [3.05, 3.63) is 41.1 Å². The van der Waals surface area contributed by atoms with Crippen molar-refractivity contribution < 1.29 is 14.7 Å². The van der Waals surface area contributed by atoms with Gasteiger partial charge in [0.1, 0.15) is 5.54 Å². The van der Waals surface area contributed by atoms with Crippen molar-refractivity contribution in [1.82, 2.24) is 10.3 Å². The molecule has 4 rings (SSSR count). The van der Waals surface area contributed by atoms with Gasteiger partial charge in [-0.1, -0.05) is 11.6 Å². The Morgan fingerprint density at radius 3 is 2.76 bits per heavy atom. The lowest BCUT2D eigenvalue weighted by molar-refractivity contribution is -0.143. The van der Waals surface area contributed by atoms with Gasteiger partial charge in [-0.15, -0.1) is 0 Å². The molecular formula is C19H20N2O3S. The maximum atomic E-state index is 13.0. The van der Waals surface area contributed by atoms with Crippen LogP contribution in [0.4, 0.5) is 0 Å². The fourth-order valence-corrected chi connectivity index (χ4v) is 4.63. The topological polar surface area (TPSA) is 79.3 Å². The van der Waals surface area contributed by atoms with Crippen LogP contribution in [0, 0.1) is 6.92 Å². The van der Waals surface area contributed by atoms with Crippen molar-refractivity contribution in [2.75, 3.05) is 11.5 Å². The second kappa shape index (κ2) is 6.02. The number of hydrogen-bond acceptors (Lipinski definition) is 4. The van der Waals surface area contributed by atoms with Crippen LogP contribution in [-0.2, 0) is 4.79 Å². The normalized spacial score (nSPS) is 22.9. The smallest absolute Gasteiger partial charge is 0.330 e. The fourth-order valence-electron chi connectivity index (χ4n) is 3.31. The van der Waals surface area contributed by atoms with E-state index in [-0.39, 0.29) is 5.91 Å². The number of carboxylic acids is 1. The Balaban J connectivity index is 1.77. The zero-order valence-corrected chi connectivity index (χ0v) is 14.9. The highest BCUT2D eigenvalue weighted by Gasteiger charge is 2.43. The van der Waals surface area contributed by atoms with E-state index in [2.05, 4.69) is 5.32 Å². The monoisotopic (exact) mass is 356 g/mol. The molecule has 1 unspecified atom stereocenters. The molecule has 5 nitrogen and oxygen atoms in total. The summed E-state index contributed by atoms with van der Waals surface area (Å²) in [6.45, 7) is 1.97. The maximum Gasteiger partial charge on any atom is 0.330 e. The summed E-state index contributed by atoms with van der Waals surface area (Å²) in [5.74, 6) is 0.308. The van der Waals surface area contributed by atoms with Gasteiger partial charge in [-0.2, -0.15) is 11.8 Å². The lowest BCUT2D eigenvalue weighted by Crippen LogP contribution is -2.54. The van der Waals surface area contributed by atoms with Gasteiger partial charge in [0.15, 0.2) is 0 Å². The molecular weight excluding hydrogens is 336 g/mol. The Labute approximate surface area is 150 Å². The fraction of sp³-hybridized carbons (Fsp3) is 0.421. The second-order valence-electron chi connectivity index (χ2n) is 7.03. The van der Waals surface area contributed by atoms with Crippen LogP contribution in [0.1, 0.15) is 46.8 Å². The highest BCUT2D eigenvalue weighted by Crippen LogP contribution is 2.40. The standard InChI is InChI=1S/C19H20N2O3S/c1-11-2-5-15-13(8-11)14(9-16(20-15)12-3-4-12)17(22)21-19(18(23)24)6-7-25-10-19/h2,5,8-9,12H,3-4,6-7,10H2,1H3,(H,21,22)(H,23,24). The maximum absolute atomic E-state index is 13.0. The number of carbonyl (C=O) groups is 2. The predicted molar refractivity (Wildman–Crippen MR) is 98.2 cm³/mol. The lowest BCUT2D eigenvalue weighted by atomic mass is 9.97. The summed E-state index contributed by atoms with van der Waals surface area (Å²) in [5, 5.41) is 13.2. The second-order valence-corrected chi connectivity index (χ2v) is 8.14. The summed E-state index contributed by atoms with van der Waals surface area (Å²) in [4.78, 5) is 29.5. The number of thioether (sulfide) groups is 1. The van der Waals surface area contributed by atoms with E-state index in [9.17, 15) is 14.7 Å². The molecule has 1 saturated heterocycles. The molecule has 0 spiro atoms. The van der Waals surface area contributed by atoms with E-state index >= 15 is 0 Å². The minimum Gasteiger partial charge on any atom is -0.479 e. The molecule has 1 amide bonds. The van der Waals surface area contributed by atoms with Gasteiger partial charge < -0.3 is 10.4 Å². The first-order valence-corrected chi connectivity index (χ1v) is 9.69. The van der Waals surface area contributed by atoms with Crippen molar-refractivity contribution in [3.63, 3.8) is 0 Å². The van der Waals surface area contributed by atoms with Gasteiger partial charge >= 0.3 is 5.97 Å². The number of aromatic nitrogens is 1. The van der Waals surface area contributed by atoms with Crippen LogP contribution in [0.2, 0.25) is 0 Å². The Morgan fingerprint density at radius 1 is 1.32 bits per heavy atom. The summed E-state index contributed by atoms with van der Waals surface area (Å²) < 4.78 is 0. The summed E-state index contributed by atoms with van der Waals surface area (Å²) >= 11 is 1.56. The van der Waals surface area contributed by atoms with Crippen molar-refractivity contribution in [2.45, 2.75) is 37.6 Å². The zero-order valence-electron chi connectivity index (χ0n) is 14.0. The highest BCUT2D eigenvalue weighted by atomic mass is 32.2. The minimum absolute atomic E-state index is 0.315. The highest BCUT2D eigenvalue weighted by molar-refractivity contribution is 7.99. The van der Waals surface area contributed by atoms with Crippen LogP contribution in [0.3, 0.4) is 0 Å². The van der Waals surface area contributed by atoms with Gasteiger partial charge in [-0.3, -0.25) is 9.78 Å². The molecule has 130 valence electrons. The summed E-state index contributed by atoms with van der Waals surface area (Å²) in [5.41, 5.74) is 2.15. The number of amides is 1. The lowest BCUT2D eigenvalue weighted by Gasteiger charge is -2.25. The minimum atomic E-state index is -1.17. The average molecular weight is 356 g/mol. The van der Waals surface area contributed by atoms with Crippen molar-refractivity contribution in [2.24, 2.45) is 0 Å². The van der Waals surface area contributed by atoms with Gasteiger partial charge in [0.2, 0.25) is 0 Å². The molecule has 1 aromatic heterocycles. The molecule has 2 fully saturated rings. The van der Waals surface area contributed by atoms with E-state index in [0.717, 1.165) is 40.8 Å². The molecule has 2 aliphatic rings. The number of pyridine rings is 1. The predicted octanol–water partition coefficient (Wildman–Crippen LogP) is 3.11. The van der Waals surface area contributed by atoms with Crippen LogP contribution in [0.5, 0.6) is 0 Å². The Morgan fingerprint density at radius 2 is 2.12 bits per heavy atom.